The number of nitrogens with zero attached hydrogens (tertiary/aromatic N) is 1. The molecule has 0 unspecified atom stereocenters. The van der Waals surface area contributed by atoms with Gasteiger partial charge in [-0.05, 0) is 14.1 Å². The van der Waals surface area contributed by atoms with E-state index in [9.17, 15) is 0 Å². The average Bonchev–Trinajstić information content (AvgIpc) is 3.24. The largest absolute Gasteiger partial charge is 4.00 e. The number of hydrogen-bond donors (Lipinski definition) is 0. The first-order valence-corrected chi connectivity index (χ1v) is 9.16. The molecule has 1 N–H and O–H groups in total. The third kappa shape index (κ3) is 42.4. The van der Waals surface area contributed by atoms with E-state index in [4.69, 9.17) is 5.73 Å². The molecule has 0 spiro atoms. The van der Waals surface area contributed by atoms with Crippen LogP contribution in [0, 0.1) is 72.5 Å². The first-order chi connectivity index (χ1) is 12.7. The Morgan fingerprint density at radius 3 is 1.25 bits per heavy atom. The second-order valence-corrected chi connectivity index (χ2v) is 7.65. The first-order valence-electron chi connectivity index (χ1n) is 9.16. The van der Waals surface area contributed by atoms with Crippen molar-refractivity contribution >= 4 is 57.3 Å². The van der Waals surface area contributed by atoms with Gasteiger partial charge in [0.05, 0.1) is 0 Å². The smallest absolute Gasteiger partial charge is 0.673 e. The number of allylic oxidation sites excluding steroid dienone is 4. The van der Waals surface area contributed by atoms with Crippen LogP contribution in [0.15, 0.2) is 72.8 Å². The van der Waals surface area contributed by atoms with Gasteiger partial charge in [0.1, 0.15) is 0 Å². The predicted molar refractivity (Wildman–Crippen MR) is 193 cm³/mol. The molecule has 4 rings (SSSR count). The summed E-state index contributed by atoms with van der Waals surface area (Å²) in [5, 5.41) is 5.39. The molecule has 0 atom stereocenters. The van der Waals surface area contributed by atoms with Crippen molar-refractivity contribution in [3.8, 4) is 0 Å². The van der Waals surface area contributed by atoms with Gasteiger partial charge in [-0.25, -0.2) is 12.2 Å². The minimum atomic E-state index is -0.250. The van der Waals surface area contributed by atoms with Gasteiger partial charge < -0.3 is 70.0 Å². The van der Waals surface area contributed by atoms with E-state index in [2.05, 4.69) is 73.8 Å². The molecule has 0 aliphatic heterocycles. The van der Waals surface area contributed by atoms with Crippen molar-refractivity contribution in [2.45, 2.75) is 32.7 Å². The van der Waals surface area contributed by atoms with Crippen molar-refractivity contribution in [1.29, 1.82) is 0 Å². The van der Waals surface area contributed by atoms with Crippen LogP contribution in [0.2, 0.25) is 0 Å². The number of rotatable bonds is 0. The van der Waals surface area contributed by atoms with Gasteiger partial charge in [-0.3, -0.25) is 13.1 Å². The second-order valence-electron chi connectivity index (χ2n) is 7.65. The van der Waals surface area contributed by atoms with Crippen molar-refractivity contribution in [3.05, 3.63) is 151 Å². The molecule has 0 aromatic heterocycles. The van der Waals surface area contributed by atoms with Crippen molar-refractivity contribution in [2.24, 2.45) is 0 Å². The Hall–Kier alpha value is -0.0645. The van der Waals surface area contributed by atoms with E-state index >= 15 is 0 Å². The number of nitrogens with one attached hydrogen (secondary N) is 1. The summed E-state index contributed by atoms with van der Waals surface area (Å²) < 4.78 is 0. The summed E-state index contributed by atoms with van der Waals surface area (Å²) in [5.41, 5.74) is 6.69. The summed E-state index contributed by atoms with van der Waals surface area (Å²) in [5.74, 6) is 0. The van der Waals surface area contributed by atoms with Crippen LogP contribution in [0.5, 0.6) is 0 Å². The fourth-order valence-electron chi connectivity index (χ4n) is 2.24. The molecule has 1 aliphatic carbocycles. The molecule has 7 heteroatoms. The van der Waals surface area contributed by atoms with Crippen LogP contribution >= 0.6 is 24.8 Å². The van der Waals surface area contributed by atoms with E-state index in [1.165, 1.54) is 21.5 Å². The topological polar surface area (TPSA) is 27.0 Å². The number of benzene rings is 2. The molecule has 0 heterocycles. The van der Waals surface area contributed by atoms with Crippen molar-refractivity contribution in [1.82, 2.24) is 4.90 Å². The molecular weight excluding hydrogens is 619 g/mol. The van der Waals surface area contributed by atoms with E-state index in [1.54, 1.807) is 4.90 Å². The Morgan fingerprint density at radius 2 is 1.05 bits per heavy atom. The van der Waals surface area contributed by atoms with Gasteiger partial charge in [0, 0.05) is 32.7 Å². The van der Waals surface area contributed by atoms with Gasteiger partial charge in [0.2, 0.25) is 0 Å². The Labute approximate surface area is 301 Å². The number of hydrogen-bond acceptors (Lipinski definition) is 1. The summed E-state index contributed by atoms with van der Waals surface area (Å²) in [4.78, 5) is 1.75. The van der Waals surface area contributed by atoms with E-state index < -0.39 is 0 Å². The summed E-state index contributed by atoms with van der Waals surface area (Å²) in [6, 6.07) is 19.3. The Balaban J connectivity index is -0.0000000220. The van der Waals surface area contributed by atoms with Gasteiger partial charge in [-0.1, -0.05) is 57.2 Å². The van der Waals surface area contributed by atoms with Gasteiger partial charge in [0.15, 0.2) is 0 Å². The van der Waals surface area contributed by atoms with Crippen LogP contribution in [-0.4, -0.2) is 35.5 Å². The molecule has 1 aliphatic rings. The summed E-state index contributed by atoms with van der Waals surface area (Å²) in [6.07, 6.45) is 10.0. The van der Waals surface area contributed by atoms with Crippen LogP contribution in [0.3, 0.4) is 0 Å². The molecule has 40 heavy (non-hydrogen) atoms. The molecular formula is C33H58Cl2N2SiTi2-8. The van der Waals surface area contributed by atoms with Gasteiger partial charge in [-0.2, -0.15) is 6.08 Å². The summed E-state index contributed by atoms with van der Waals surface area (Å²) >= 11 is 0. The standard InChI is InChI=1S/C13H9.C5H5.C4H10N.C3H8N.8CH3.2ClH.Si.2Ti/c1-3-7-12-10(5-1)9-11-6-2-4-8-13(11)12;1-2-4-5-3-1;1-4(2,3)5;1-4(2)3;;;;;;;;;;;;;/h1-9H;1-3H,4H2;5H,1-3H3;1H2,2-3H3;8*1H3;2*1H;;;/q12*-1;;;;;+4. The molecule has 3 aromatic rings. The van der Waals surface area contributed by atoms with Gasteiger partial charge >= 0.3 is 21.7 Å². The molecule has 0 fully saturated rings. The van der Waals surface area contributed by atoms with Crippen LogP contribution in [0.25, 0.3) is 27.3 Å². The van der Waals surface area contributed by atoms with Crippen LogP contribution in [-0.2, 0) is 43.4 Å². The van der Waals surface area contributed by atoms with E-state index in [0.717, 1.165) is 6.42 Å². The molecule has 2 nitrogen and oxygen atoms in total. The van der Waals surface area contributed by atoms with E-state index in [1.807, 2.05) is 47.0 Å². The zero-order valence-corrected chi connectivity index (χ0v) is 33.4. The van der Waals surface area contributed by atoms with Crippen molar-refractivity contribution < 1.29 is 43.4 Å². The van der Waals surface area contributed by atoms with Crippen LogP contribution in [0.4, 0.5) is 0 Å². The maximum absolute atomic E-state index is 6.94. The minimum absolute atomic E-state index is 0. The summed E-state index contributed by atoms with van der Waals surface area (Å²) in [7, 11) is 7.25. The van der Waals surface area contributed by atoms with Crippen molar-refractivity contribution in [3.63, 3.8) is 0 Å². The molecule has 4 radical (unpaired) electrons. The zero-order valence-electron chi connectivity index (χ0n) is 27.6. The number of fused-ring (bicyclic) bond motifs is 3. The van der Waals surface area contributed by atoms with E-state index in [-0.39, 0.29) is 144 Å². The monoisotopic (exact) mass is 676 g/mol. The second kappa shape index (κ2) is 45.9. The Morgan fingerprint density at radius 1 is 0.775 bits per heavy atom. The predicted octanol–water partition coefficient (Wildman–Crippen LogP) is 11.3. The Kier molecular flexibility index (Phi) is 95.8. The first kappa shape index (κ1) is 83.4. The maximum Gasteiger partial charge on any atom is 4.00 e. The summed E-state index contributed by atoms with van der Waals surface area (Å²) in [6.45, 7) is 5.56. The maximum atomic E-state index is 6.94. The van der Waals surface area contributed by atoms with E-state index in [0.29, 0.717) is 0 Å². The fourth-order valence-corrected chi connectivity index (χ4v) is 2.24. The molecule has 0 saturated heterocycles. The Bertz CT molecular complexity index is 806. The molecule has 234 valence electrons. The van der Waals surface area contributed by atoms with Gasteiger partial charge in [0.25, 0.3) is 0 Å². The normalized spacial score (nSPS) is 8.20. The van der Waals surface area contributed by atoms with Crippen LogP contribution in [0.1, 0.15) is 27.2 Å². The SMILES string of the molecule is CC(C)(C)[NH-].Cl.Cl.[C-]1=CC=CC1.[CH2-]N(C)C.[CH3-].[CH3-].[CH3-].[CH3-].[CH3-].[CH3-].[CH3-].[CH3-].[Si].[Ti+4].[Ti].c1ccc2c(c1)[cH-]c1ccccc12. The molecule has 0 amide bonds. The third-order valence-corrected chi connectivity index (χ3v) is 3.11. The number of halogens is 2. The molecule has 0 bridgehead atoms. The minimum Gasteiger partial charge on any atom is -0.673 e. The molecule has 0 saturated carbocycles. The average molecular weight is 678 g/mol. The third-order valence-electron chi connectivity index (χ3n) is 3.11. The fraction of sp³-hybridized carbons (Fsp3) is 0.212. The quantitative estimate of drug-likeness (QED) is 0.172. The van der Waals surface area contributed by atoms with Gasteiger partial charge in [-0.15, -0.1) is 76.5 Å². The van der Waals surface area contributed by atoms with Crippen molar-refractivity contribution in [2.75, 3.05) is 14.1 Å². The molecule has 3 aromatic carbocycles. The zero-order chi connectivity index (χ0) is 20.3. The van der Waals surface area contributed by atoms with Crippen LogP contribution < -0.4 is 0 Å².